The van der Waals surface area contributed by atoms with Crippen molar-refractivity contribution in [3.8, 4) is 0 Å². The molecule has 0 bridgehead atoms. The molecule has 2 unspecified atom stereocenters. The first-order valence-electron chi connectivity index (χ1n) is 7.32. The van der Waals surface area contributed by atoms with E-state index in [1.807, 2.05) is 0 Å². The molecule has 2 fully saturated rings. The minimum Gasteiger partial charge on any atom is -0.374 e. The Morgan fingerprint density at radius 1 is 1.21 bits per heavy atom. The summed E-state index contributed by atoms with van der Waals surface area (Å²) in [6.07, 6.45) is 0.454. The van der Waals surface area contributed by atoms with Gasteiger partial charge < -0.3 is 9.47 Å². The number of likely N-dealkylation sites (N-methyl/N-ethyl adjacent to an activating group) is 1. The van der Waals surface area contributed by atoms with Crippen LogP contribution in [0.2, 0.25) is 0 Å². The molecule has 0 amide bonds. The van der Waals surface area contributed by atoms with Gasteiger partial charge in [0.15, 0.2) is 0 Å². The Bertz CT molecular complexity index is 289. The second kappa shape index (κ2) is 6.72. The summed E-state index contributed by atoms with van der Waals surface area (Å²) >= 11 is 5.97. The first-order chi connectivity index (χ1) is 9.02. The van der Waals surface area contributed by atoms with E-state index in [4.69, 9.17) is 21.1 Å². The zero-order valence-corrected chi connectivity index (χ0v) is 13.2. The monoisotopic (exact) mass is 290 g/mol. The molecule has 2 aliphatic rings. The molecular formula is C14H27ClN2O2. The molecule has 5 heteroatoms. The van der Waals surface area contributed by atoms with Crippen molar-refractivity contribution in [1.82, 2.24) is 9.80 Å². The highest BCUT2D eigenvalue weighted by atomic mass is 35.5. The molecule has 4 nitrogen and oxygen atoms in total. The molecular weight excluding hydrogens is 264 g/mol. The second-order valence-corrected chi connectivity index (χ2v) is 6.54. The summed E-state index contributed by atoms with van der Waals surface area (Å²) in [6.45, 7) is 13.4. The van der Waals surface area contributed by atoms with E-state index in [0.717, 1.165) is 45.9 Å². The van der Waals surface area contributed by atoms with Gasteiger partial charge in [0, 0.05) is 38.6 Å². The van der Waals surface area contributed by atoms with Crippen molar-refractivity contribution in [2.45, 2.75) is 38.6 Å². The minimum atomic E-state index is -0.114. The number of rotatable bonds is 4. The highest BCUT2D eigenvalue weighted by Crippen LogP contribution is 2.22. The molecule has 0 aromatic carbocycles. The number of hydrogen-bond acceptors (Lipinski definition) is 4. The Morgan fingerprint density at radius 3 is 2.63 bits per heavy atom. The van der Waals surface area contributed by atoms with Gasteiger partial charge in [-0.1, -0.05) is 6.92 Å². The highest BCUT2D eigenvalue weighted by molar-refractivity contribution is 6.18. The predicted molar refractivity (Wildman–Crippen MR) is 78.0 cm³/mol. The fraction of sp³-hybridized carbons (Fsp3) is 1.00. The standard InChI is InChI=1S/C14H27ClN2O2/c1-4-16-5-6-18-13(9-16)10-17-8-12(7-15)19-14(2,3)11-17/h12-13H,4-11H2,1-3H3. The highest BCUT2D eigenvalue weighted by Gasteiger charge is 2.34. The number of hydrogen-bond donors (Lipinski definition) is 0. The summed E-state index contributed by atoms with van der Waals surface area (Å²) in [5.74, 6) is 0.562. The molecule has 2 heterocycles. The number of nitrogens with zero attached hydrogens (tertiary/aromatic N) is 2. The zero-order chi connectivity index (χ0) is 13.9. The summed E-state index contributed by atoms with van der Waals surface area (Å²) in [5, 5.41) is 0. The maximum atomic E-state index is 5.97. The third kappa shape index (κ3) is 4.57. The largest absolute Gasteiger partial charge is 0.374 e. The van der Waals surface area contributed by atoms with E-state index >= 15 is 0 Å². The third-order valence-corrected chi connectivity index (χ3v) is 4.20. The molecule has 0 radical (unpaired) electrons. The van der Waals surface area contributed by atoms with Crippen LogP contribution in [0.25, 0.3) is 0 Å². The first-order valence-corrected chi connectivity index (χ1v) is 7.86. The smallest absolute Gasteiger partial charge is 0.0844 e. The van der Waals surface area contributed by atoms with Crippen LogP contribution in [-0.2, 0) is 9.47 Å². The van der Waals surface area contributed by atoms with Crippen molar-refractivity contribution in [2.75, 3.05) is 51.8 Å². The molecule has 2 aliphatic heterocycles. The lowest BCUT2D eigenvalue weighted by Gasteiger charge is -2.44. The molecule has 0 aromatic rings. The van der Waals surface area contributed by atoms with Crippen LogP contribution in [0.3, 0.4) is 0 Å². The van der Waals surface area contributed by atoms with Gasteiger partial charge in [0.25, 0.3) is 0 Å². The number of halogens is 1. The summed E-state index contributed by atoms with van der Waals surface area (Å²) in [6, 6.07) is 0. The quantitative estimate of drug-likeness (QED) is 0.731. The van der Waals surface area contributed by atoms with Gasteiger partial charge in [0.05, 0.1) is 24.4 Å². The van der Waals surface area contributed by atoms with E-state index in [1.54, 1.807) is 0 Å². The van der Waals surface area contributed by atoms with Crippen LogP contribution in [-0.4, -0.2) is 79.4 Å². The average Bonchev–Trinajstić information content (AvgIpc) is 2.37. The second-order valence-electron chi connectivity index (χ2n) is 6.23. The normalized spacial score (nSPS) is 33.5. The van der Waals surface area contributed by atoms with Gasteiger partial charge in [-0.2, -0.15) is 0 Å². The van der Waals surface area contributed by atoms with Crippen LogP contribution in [0.1, 0.15) is 20.8 Å². The minimum absolute atomic E-state index is 0.114. The van der Waals surface area contributed by atoms with Crippen LogP contribution in [0.4, 0.5) is 0 Å². The van der Waals surface area contributed by atoms with Crippen molar-refractivity contribution in [2.24, 2.45) is 0 Å². The van der Waals surface area contributed by atoms with Crippen molar-refractivity contribution in [3.05, 3.63) is 0 Å². The van der Waals surface area contributed by atoms with Gasteiger partial charge in [-0.3, -0.25) is 9.80 Å². The van der Waals surface area contributed by atoms with E-state index in [1.165, 1.54) is 0 Å². The molecule has 19 heavy (non-hydrogen) atoms. The molecule has 2 rings (SSSR count). The Kier molecular flexibility index (Phi) is 5.49. The molecule has 2 saturated heterocycles. The van der Waals surface area contributed by atoms with E-state index in [2.05, 4.69) is 30.6 Å². The fourth-order valence-corrected chi connectivity index (χ4v) is 3.26. The zero-order valence-electron chi connectivity index (χ0n) is 12.4. The molecule has 0 aliphatic carbocycles. The van der Waals surface area contributed by atoms with Crippen LogP contribution < -0.4 is 0 Å². The summed E-state index contributed by atoms with van der Waals surface area (Å²) in [7, 11) is 0. The van der Waals surface area contributed by atoms with E-state index in [0.29, 0.717) is 12.0 Å². The van der Waals surface area contributed by atoms with Gasteiger partial charge in [-0.15, -0.1) is 11.6 Å². The lowest BCUT2D eigenvalue weighted by molar-refractivity contribution is -0.139. The van der Waals surface area contributed by atoms with Gasteiger partial charge in [0.2, 0.25) is 0 Å². The third-order valence-electron chi connectivity index (χ3n) is 3.86. The number of morpholine rings is 2. The van der Waals surface area contributed by atoms with E-state index in [-0.39, 0.29) is 11.7 Å². The molecule has 0 saturated carbocycles. The SMILES string of the molecule is CCN1CCOC(CN2CC(CCl)OC(C)(C)C2)C1. The number of alkyl halides is 1. The fourth-order valence-electron chi connectivity index (χ4n) is 3.10. The van der Waals surface area contributed by atoms with Gasteiger partial charge in [-0.25, -0.2) is 0 Å². The van der Waals surface area contributed by atoms with Crippen molar-refractivity contribution in [3.63, 3.8) is 0 Å². The molecule has 0 aromatic heterocycles. The van der Waals surface area contributed by atoms with Gasteiger partial charge in [0.1, 0.15) is 0 Å². The molecule has 0 N–H and O–H groups in total. The van der Waals surface area contributed by atoms with Crippen molar-refractivity contribution in [1.29, 1.82) is 0 Å². The van der Waals surface area contributed by atoms with Crippen LogP contribution in [0.15, 0.2) is 0 Å². The van der Waals surface area contributed by atoms with Gasteiger partial charge in [-0.05, 0) is 20.4 Å². The Morgan fingerprint density at radius 2 is 1.95 bits per heavy atom. The van der Waals surface area contributed by atoms with E-state index < -0.39 is 0 Å². The van der Waals surface area contributed by atoms with Gasteiger partial charge >= 0.3 is 0 Å². The predicted octanol–water partition coefficient (Wildman–Crippen LogP) is 1.43. The summed E-state index contributed by atoms with van der Waals surface area (Å²) in [5.41, 5.74) is -0.114. The van der Waals surface area contributed by atoms with Crippen LogP contribution in [0, 0.1) is 0 Å². The number of ether oxygens (including phenoxy) is 2. The van der Waals surface area contributed by atoms with Crippen molar-refractivity contribution >= 4 is 11.6 Å². The lowest BCUT2D eigenvalue weighted by atomic mass is 10.0. The molecule has 112 valence electrons. The molecule has 2 atom stereocenters. The summed E-state index contributed by atoms with van der Waals surface area (Å²) < 4.78 is 11.9. The maximum Gasteiger partial charge on any atom is 0.0844 e. The Labute approximate surface area is 122 Å². The van der Waals surface area contributed by atoms with Crippen LogP contribution in [0.5, 0.6) is 0 Å². The van der Waals surface area contributed by atoms with E-state index in [9.17, 15) is 0 Å². The lowest BCUT2D eigenvalue weighted by Crippen LogP contribution is -2.56. The topological polar surface area (TPSA) is 24.9 Å². The molecule has 0 spiro atoms. The summed E-state index contributed by atoms with van der Waals surface area (Å²) in [4.78, 5) is 4.90. The van der Waals surface area contributed by atoms with Crippen molar-refractivity contribution < 1.29 is 9.47 Å². The first kappa shape index (κ1) is 15.5. The maximum absolute atomic E-state index is 5.97. The van der Waals surface area contributed by atoms with Crippen LogP contribution >= 0.6 is 11.6 Å². The Hall–Kier alpha value is 0.130. The average molecular weight is 291 g/mol. The Balaban J connectivity index is 1.87.